The third-order valence-electron chi connectivity index (χ3n) is 8.35. The molecule has 0 amide bonds. The SMILES string of the molecule is c1cnc2c(-c3cc(-c4cnc5c(ccc6cccnc65)c4)cc(-c4cccc5c4sc4ccccc45)c3)cccc2c1. The monoisotopic (exact) mass is 565 g/mol. The number of pyridine rings is 3. The Morgan fingerprint density at radius 1 is 0.419 bits per heavy atom. The van der Waals surface area contributed by atoms with Gasteiger partial charge in [0.25, 0.3) is 0 Å². The summed E-state index contributed by atoms with van der Waals surface area (Å²) in [6.07, 6.45) is 5.70. The van der Waals surface area contributed by atoms with Crippen molar-refractivity contribution >= 4 is 64.2 Å². The molecule has 0 aliphatic carbocycles. The highest BCUT2D eigenvalue weighted by Crippen LogP contribution is 2.42. The van der Waals surface area contributed by atoms with E-state index in [2.05, 4.69) is 114 Å². The molecule has 4 heteroatoms. The lowest BCUT2D eigenvalue weighted by Crippen LogP contribution is -1.90. The van der Waals surface area contributed by atoms with Gasteiger partial charge in [-0.1, -0.05) is 78.9 Å². The summed E-state index contributed by atoms with van der Waals surface area (Å²) in [6, 6.07) is 43.4. The molecule has 3 nitrogen and oxygen atoms in total. The van der Waals surface area contributed by atoms with Crippen LogP contribution in [-0.4, -0.2) is 15.0 Å². The fourth-order valence-electron chi connectivity index (χ4n) is 6.31. The molecule has 0 saturated heterocycles. The fourth-order valence-corrected chi connectivity index (χ4v) is 7.55. The van der Waals surface area contributed by atoms with Gasteiger partial charge in [-0.05, 0) is 64.7 Å². The third kappa shape index (κ3) is 3.92. The molecule has 0 atom stereocenters. The van der Waals surface area contributed by atoms with Crippen LogP contribution in [0.5, 0.6) is 0 Å². The Labute approximate surface area is 251 Å². The molecule has 0 radical (unpaired) electrons. The van der Waals surface area contributed by atoms with Crippen molar-refractivity contribution < 1.29 is 0 Å². The zero-order chi connectivity index (χ0) is 28.3. The highest BCUT2D eigenvalue weighted by Gasteiger charge is 2.15. The zero-order valence-corrected chi connectivity index (χ0v) is 23.8. The van der Waals surface area contributed by atoms with E-state index in [0.717, 1.165) is 55.0 Å². The lowest BCUT2D eigenvalue weighted by atomic mass is 9.92. The van der Waals surface area contributed by atoms with Crippen LogP contribution < -0.4 is 0 Å². The molecule has 43 heavy (non-hydrogen) atoms. The third-order valence-corrected chi connectivity index (χ3v) is 9.57. The predicted molar refractivity (Wildman–Crippen MR) is 182 cm³/mol. The Hall–Kier alpha value is -5.45. The maximum Gasteiger partial charge on any atom is 0.0964 e. The summed E-state index contributed by atoms with van der Waals surface area (Å²) in [5.74, 6) is 0. The Morgan fingerprint density at radius 3 is 1.98 bits per heavy atom. The standard InChI is InChI=1S/C39H23N3S/c1-2-14-35-33(10-1)34-13-4-12-32(39(34)43-35)29-21-27(20-28(22-29)31-11-3-7-24-8-5-17-40-36(24)31)30-19-26-16-15-25-9-6-18-41-37(25)38(26)42-23-30/h1-23H. The molecule has 4 heterocycles. The van der Waals surface area contributed by atoms with Gasteiger partial charge in [0.05, 0.1) is 16.6 Å². The quantitative estimate of drug-likeness (QED) is 0.200. The number of para-hydroxylation sites is 1. The Morgan fingerprint density at radius 2 is 1.07 bits per heavy atom. The van der Waals surface area contributed by atoms with E-state index in [1.54, 1.807) is 0 Å². The molecule has 0 N–H and O–H groups in total. The molecule has 0 unspecified atom stereocenters. The van der Waals surface area contributed by atoms with Crippen molar-refractivity contribution in [3.05, 3.63) is 140 Å². The van der Waals surface area contributed by atoms with Crippen LogP contribution in [0.15, 0.2) is 140 Å². The van der Waals surface area contributed by atoms with Gasteiger partial charge >= 0.3 is 0 Å². The van der Waals surface area contributed by atoms with Crippen LogP contribution in [-0.2, 0) is 0 Å². The lowest BCUT2D eigenvalue weighted by molar-refractivity contribution is 1.37. The summed E-state index contributed by atoms with van der Waals surface area (Å²) in [5.41, 5.74) is 9.71. The summed E-state index contributed by atoms with van der Waals surface area (Å²) in [7, 11) is 0. The summed E-state index contributed by atoms with van der Waals surface area (Å²) < 4.78 is 2.61. The Kier molecular flexibility index (Phi) is 5.37. The van der Waals surface area contributed by atoms with Crippen molar-refractivity contribution in [2.75, 3.05) is 0 Å². The van der Waals surface area contributed by atoms with Gasteiger partial charge in [-0.3, -0.25) is 15.0 Å². The van der Waals surface area contributed by atoms with Crippen LogP contribution in [0.1, 0.15) is 0 Å². The average molecular weight is 566 g/mol. The van der Waals surface area contributed by atoms with E-state index in [4.69, 9.17) is 9.97 Å². The first-order chi connectivity index (χ1) is 21.3. The second-order valence-electron chi connectivity index (χ2n) is 10.9. The minimum atomic E-state index is 0.923. The molecule has 9 aromatic rings. The first kappa shape index (κ1) is 24.2. The van der Waals surface area contributed by atoms with Gasteiger partial charge in [-0.2, -0.15) is 0 Å². The molecular formula is C39H23N3S. The highest BCUT2D eigenvalue weighted by molar-refractivity contribution is 7.26. The number of rotatable bonds is 3. The predicted octanol–water partition coefficient (Wildman–Crippen LogP) is 10.7. The molecule has 0 aliphatic heterocycles. The summed E-state index contributed by atoms with van der Waals surface area (Å²) in [4.78, 5) is 14.4. The van der Waals surface area contributed by atoms with Crippen LogP contribution in [0.3, 0.4) is 0 Å². The second kappa shape index (κ2) is 9.55. The zero-order valence-electron chi connectivity index (χ0n) is 23.0. The van der Waals surface area contributed by atoms with Crippen molar-refractivity contribution in [1.82, 2.24) is 15.0 Å². The van der Waals surface area contributed by atoms with Crippen molar-refractivity contribution in [2.24, 2.45) is 0 Å². The average Bonchev–Trinajstić information content (AvgIpc) is 3.46. The highest BCUT2D eigenvalue weighted by atomic mass is 32.1. The number of hydrogen-bond donors (Lipinski definition) is 0. The fraction of sp³-hybridized carbons (Fsp3) is 0. The number of thiophene rings is 1. The number of benzene rings is 5. The van der Waals surface area contributed by atoms with Gasteiger partial charge < -0.3 is 0 Å². The molecule has 0 bridgehead atoms. The molecule has 200 valence electrons. The Bertz CT molecular complexity index is 2520. The van der Waals surface area contributed by atoms with Crippen molar-refractivity contribution in [3.8, 4) is 33.4 Å². The number of fused-ring (bicyclic) bond motifs is 7. The number of hydrogen-bond acceptors (Lipinski definition) is 4. The van der Waals surface area contributed by atoms with E-state index in [9.17, 15) is 0 Å². The van der Waals surface area contributed by atoms with Crippen LogP contribution >= 0.6 is 11.3 Å². The van der Waals surface area contributed by atoms with E-state index in [0.29, 0.717) is 0 Å². The van der Waals surface area contributed by atoms with Gasteiger partial charge in [-0.25, -0.2) is 0 Å². The maximum atomic E-state index is 4.95. The molecule has 0 saturated carbocycles. The smallest absolute Gasteiger partial charge is 0.0964 e. The van der Waals surface area contributed by atoms with Crippen LogP contribution in [0.4, 0.5) is 0 Å². The van der Waals surface area contributed by atoms with Crippen molar-refractivity contribution in [2.45, 2.75) is 0 Å². The molecule has 9 rings (SSSR count). The molecule has 0 aliphatic rings. The van der Waals surface area contributed by atoms with Crippen LogP contribution in [0.25, 0.3) is 86.3 Å². The van der Waals surface area contributed by atoms with Gasteiger partial charge in [0.2, 0.25) is 0 Å². The number of nitrogens with zero attached hydrogens (tertiary/aromatic N) is 3. The normalized spacial score (nSPS) is 11.7. The first-order valence-electron chi connectivity index (χ1n) is 14.3. The van der Waals surface area contributed by atoms with Gasteiger partial charge in [-0.15, -0.1) is 11.3 Å². The maximum absolute atomic E-state index is 4.95. The first-order valence-corrected chi connectivity index (χ1v) is 15.2. The number of aromatic nitrogens is 3. The van der Waals surface area contributed by atoms with Gasteiger partial charge in [0.15, 0.2) is 0 Å². The second-order valence-corrected chi connectivity index (χ2v) is 11.9. The van der Waals surface area contributed by atoms with E-state index >= 15 is 0 Å². The topological polar surface area (TPSA) is 38.7 Å². The van der Waals surface area contributed by atoms with E-state index in [-0.39, 0.29) is 0 Å². The van der Waals surface area contributed by atoms with Crippen LogP contribution in [0, 0.1) is 0 Å². The van der Waals surface area contributed by atoms with E-state index < -0.39 is 0 Å². The van der Waals surface area contributed by atoms with E-state index in [1.807, 2.05) is 42.1 Å². The summed E-state index contributed by atoms with van der Waals surface area (Å²) >= 11 is 1.86. The minimum Gasteiger partial charge on any atom is -0.256 e. The molecule has 0 fully saturated rings. The van der Waals surface area contributed by atoms with Gasteiger partial charge in [0, 0.05) is 66.0 Å². The largest absolute Gasteiger partial charge is 0.256 e. The van der Waals surface area contributed by atoms with Crippen molar-refractivity contribution in [1.29, 1.82) is 0 Å². The Balaban J connectivity index is 1.31. The van der Waals surface area contributed by atoms with Gasteiger partial charge in [0.1, 0.15) is 0 Å². The summed E-state index contributed by atoms with van der Waals surface area (Å²) in [5, 5.41) is 5.90. The van der Waals surface area contributed by atoms with Crippen molar-refractivity contribution in [3.63, 3.8) is 0 Å². The van der Waals surface area contributed by atoms with E-state index in [1.165, 1.54) is 31.3 Å². The lowest BCUT2D eigenvalue weighted by Gasteiger charge is -2.13. The molecule has 5 aromatic carbocycles. The minimum absolute atomic E-state index is 0.923. The summed E-state index contributed by atoms with van der Waals surface area (Å²) in [6.45, 7) is 0. The van der Waals surface area contributed by atoms with Crippen LogP contribution in [0.2, 0.25) is 0 Å². The molecule has 0 spiro atoms. The molecular weight excluding hydrogens is 543 g/mol. The molecule has 4 aromatic heterocycles.